The van der Waals surface area contributed by atoms with Crippen molar-refractivity contribution in [3.63, 3.8) is 0 Å². The Kier molecular flexibility index (Phi) is 5.74. The first-order valence-corrected chi connectivity index (χ1v) is 11.0. The largest absolute Gasteiger partial charge is 0.378 e. The molecule has 28 heavy (non-hydrogen) atoms. The molecular weight excluding hydrogens is 396 g/mol. The smallest absolute Gasteiger partial charge is 0.307 e. The zero-order chi connectivity index (χ0) is 19.5. The minimum Gasteiger partial charge on any atom is -0.378 e. The maximum absolute atomic E-state index is 12.3. The second kappa shape index (κ2) is 8.42. The van der Waals surface area contributed by atoms with Crippen LogP contribution in [0.5, 0.6) is 0 Å². The van der Waals surface area contributed by atoms with Gasteiger partial charge in [-0.1, -0.05) is 22.7 Å². The lowest BCUT2D eigenvalue weighted by Crippen LogP contribution is -2.36. The molecule has 0 spiro atoms. The lowest BCUT2D eigenvalue weighted by molar-refractivity contribution is -0.116. The topological polar surface area (TPSA) is 76.5 Å². The molecule has 4 rings (SSSR count). The number of fused-ring (bicyclic) bond motifs is 1. The molecule has 1 saturated heterocycles. The summed E-state index contributed by atoms with van der Waals surface area (Å²) >= 11 is 2.83. The van der Waals surface area contributed by atoms with Crippen molar-refractivity contribution in [3.05, 3.63) is 38.9 Å². The second-order valence-electron chi connectivity index (χ2n) is 6.72. The van der Waals surface area contributed by atoms with Gasteiger partial charge in [-0.2, -0.15) is 0 Å². The summed E-state index contributed by atoms with van der Waals surface area (Å²) in [6.45, 7) is 5.65. The normalized spacial score (nSPS) is 14.5. The minimum absolute atomic E-state index is 0.0321. The van der Waals surface area contributed by atoms with Crippen LogP contribution in [-0.4, -0.2) is 41.8 Å². The van der Waals surface area contributed by atoms with Crippen LogP contribution in [0.25, 0.3) is 10.2 Å². The van der Waals surface area contributed by atoms with Crippen molar-refractivity contribution in [3.8, 4) is 0 Å². The third-order valence-electron chi connectivity index (χ3n) is 4.70. The summed E-state index contributed by atoms with van der Waals surface area (Å²) in [5, 5.41) is 5.80. The van der Waals surface area contributed by atoms with E-state index >= 15 is 0 Å². The number of amides is 1. The predicted octanol–water partition coefficient (Wildman–Crippen LogP) is 3.08. The number of aromatic nitrogens is 2. The fourth-order valence-corrected chi connectivity index (χ4v) is 4.99. The summed E-state index contributed by atoms with van der Waals surface area (Å²) in [5.74, 6) is -0.0433. The van der Waals surface area contributed by atoms with E-state index in [1.165, 1.54) is 11.3 Å². The molecule has 9 heteroatoms. The van der Waals surface area contributed by atoms with Gasteiger partial charge in [-0.15, -0.1) is 0 Å². The van der Waals surface area contributed by atoms with E-state index in [1.807, 2.05) is 30.5 Å². The van der Waals surface area contributed by atoms with Gasteiger partial charge in [0.25, 0.3) is 0 Å². The van der Waals surface area contributed by atoms with Gasteiger partial charge >= 0.3 is 4.87 Å². The molecule has 1 aliphatic heterocycles. The number of carbonyl (C=O) groups is 1. The van der Waals surface area contributed by atoms with Gasteiger partial charge in [-0.05, 0) is 31.5 Å². The summed E-state index contributed by atoms with van der Waals surface area (Å²) in [6.07, 6.45) is 1.01. The highest BCUT2D eigenvalue weighted by Gasteiger charge is 2.15. The first-order chi connectivity index (χ1) is 13.6. The average Bonchev–Trinajstić information content (AvgIpc) is 3.26. The summed E-state index contributed by atoms with van der Waals surface area (Å²) in [5.41, 5.74) is 2.66. The van der Waals surface area contributed by atoms with Crippen LogP contribution in [-0.2, 0) is 16.1 Å². The van der Waals surface area contributed by atoms with Crippen molar-refractivity contribution in [2.45, 2.75) is 26.3 Å². The molecule has 148 valence electrons. The third kappa shape index (κ3) is 4.26. The fourth-order valence-electron chi connectivity index (χ4n) is 3.18. The van der Waals surface area contributed by atoms with Crippen molar-refractivity contribution in [1.82, 2.24) is 9.55 Å². The number of morpholine rings is 1. The number of nitrogens with zero attached hydrogens (tertiary/aromatic N) is 3. The molecule has 0 atom stereocenters. The first kappa shape index (κ1) is 19.1. The monoisotopic (exact) mass is 418 g/mol. The van der Waals surface area contributed by atoms with Crippen LogP contribution in [0.15, 0.2) is 28.4 Å². The number of thiazole rings is 2. The quantitative estimate of drug-likeness (QED) is 0.666. The van der Waals surface area contributed by atoms with Gasteiger partial charge in [-0.25, -0.2) is 4.98 Å². The van der Waals surface area contributed by atoms with Gasteiger partial charge in [0, 0.05) is 42.8 Å². The molecule has 0 unspecified atom stereocenters. The van der Waals surface area contributed by atoms with Crippen LogP contribution in [0.4, 0.5) is 10.8 Å². The lowest BCUT2D eigenvalue weighted by atomic mass is 10.2. The molecule has 0 bridgehead atoms. The number of nitrogens with one attached hydrogen (secondary N) is 1. The van der Waals surface area contributed by atoms with Gasteiger partial charge in [0.1, 0.15) is 0 Å². The van der Waals surface area contributed by atoms with Crippen molar-refractivity contribution in [2.75, 3.05) is 36.5 Å². The van der Waals surface area contributed by atoms with E-state index in [9.17, 15) is 9.59 Å². The van der Waals surface area contributed by atoms with Crippen molar-refractivity contribution < 1.29 is 9.53 Å². The molecule has 2 aromatic heterocycles. The van der Waals surface area contributed by atoms with Gasteiger partial charge in [0.05, 0.1) is 23.4 Å². The van der Waals surface area contributed by atoms with Crippen LogP contribution >= 0.6 is 22.7 Å². The van der Waals surface area contributed by atoms with Gasteiger partial charge in [0.15, 0.2) is 5.13 Å². The first-order valence-electron chi connectivity index (χ1n) is 9.28. The molecule has 1 aliphatic rings. The summed E-state index contributed by atoms with van der Waals surface area (Å²) in [7, 11) is 0. The van der Waals surface area contributed by atoms with Crippen molar-refractivity contribution in [2.24, 2.45) is 0 Å². The van der Waals surface area contributed by atoms with Gasteiger partial charge < -0.3 is 19.5 Å². The molecule has 0 radical (unpaired) electrons. The number of benzene rings is 1. The van der Waals surface area contributed by atoms with Crippen LogP contribution in [0.2, 0.25) is 0 Å². The molecule has 1 amide bonds. The standard InChI is InChI=1S/C19H22N4O3S2/c1-13-12-27-19(25)23(13)6-2-3-17(24)20-14-4-5-15-16(11-14)28-18(21-15)22-7-9-26-10-8-22/h4-5,11-12H,2-3,6-10H2,1H3,(H,20,24). The Morgan fingerprint density at radius 1 is 1.32 bits per heavy atom. The highest BCUT2D eigenvalue weighted by Crippen LogP contribution is 2.31. The van der Waals surface area contributed by atoms with Crippen molar-refractivity contribution in [1.29, 1.82) is 0 Å². The molecule has 7 nitrogen and oxygen atoms in total. The molecule has 1 aromatic carbocycles. The zero-order valence-corrected chi connectivity index (χ0v) is 17.3. The van der Waals surface area contributed by atoms with Gasteiger partial charge in [0.2, 0.25) is 5.91 Å². The lowest BCUT2D eigenvalue weighted by Gasteiger charge is -2.25. The Morgan fingerprint density at radius 2 is 2.14 bits per heavy atom. The molecule has 0 saturated carbocycles. The average molecular weight is 419 g/mol. The Labute approximate surface area is 170 Å². The van der Waals surface area contributed by atoms with Crippen molar-refractivity contribution >= 4 is 49.6 Å². The van der Waals surface area contributed by atoms with Crippen LogP contribution < -0.4 is 15.1 Å². The Bertz CT molecular complexity index is 1030. The molecule has 3 aromatic rings. The second-order valence-corrected chi connectivity index (χ2v) is 8.55. The number of ether oxygens (including phenoxy) is 1. The highest BCUT2D eigenvalue weighted by molar-refractivity contribution is 7.22. The number of anilines is 2. The van der Waals surface area contributed by atoms with E-state index in [4.69, 9.17) is 9.72 Å². The number of hydrogen-bond donors (Lipinski definition) is 1. The van der Waals surface area contributed by atoms with E-state index in [0.717, 1.165) is 53.0 Å². The Morgan fingerprint density at radius 3 is 2.89 bits per heavy atom. The van der Waals surface area contributed by atoms with E-state index in [-0.39, 0.29) is 10.8 Å². The maximum atomic E-state index is 12.3. The van der Waals surface area contributed by atoms with Gasteiger partial charge in [-0.3, -0.25) is 9.59 Å². The van der Waals surface area contributed by atoms with E-state index in [1.54, 1.807) is 15.9 Å². The minimum atomic E-state index is -0.0433. The number of rotatable bonds is 6. The number of aryl methyl sites for hydroxylation is 1. The molecular formula is C19H22N4O3S2. The van der Waals surface area contributed by atoms with Crippen LogP contribution in [0.1, 0.15) is 18.5 Å². The number of carbonyl (C=O) groups excluding carboxylic acids is 1. The number of hydrogen-bond acceptors (Lipinski definition) is 7. The Balaban J connectivity index is 1.36. The predicted molar refractivity (Wildman–Crippen MR) is 114 cm³/mol. The SMILES string of the molecule is Cc1csc(=O)n1CCCC(=O)Nc1ccc2nc(N3CCOCC3)sc2c1. The third-order valence-corrected chi connectivity index (χ3v) is 6.66. The fraction of sp³-hybridized carbons (Fsp3) is 0.421. The van der Waals surface area contributed by atoms with E-state index in [0.29, 0.717) is 19.4 Å². The maximum Gasteiger partial charge on any atom is 0.307 e. The van der Waals surface area contributed by atoms with E-state index in [2.05, 4.69) is 10.2 Å². The Hall–Kier alpha value is -2.23. The molecule has 0 aliphatic carbocycles. The molecule has 1 N–H and O–H groups in total. The van der Waals surface area contributed by atoms with Crippen LogP contribution in [0, 0.1) is 6.92 Å². The zero-order valence-electron chi connectivity index (χ0n) is 15.6. The summed E-state index contributed by atoms with van der Waals surface area (Å²) < 4.78 is 8.17. The summed E-state index contributed by atoms with van der Waals surface area (Å²) in [6, 6.07) is 5.80. The summed E-state index contributed by atoms with van der Waals surface area (Å²) in [4.78, 5) is 30.9. The molecule has 1 fully saturated rings. The van der Waals surface area contributed by atoms with Crippen LogP contribution in [0.3, 0.4) is 0 Å². The molecule has 3 heterocycles. The van der Waals surface area contributed by atoms with E-state index < -0.39 is 0 Å². The highest BCUT2D eigenvalue weighted by atomic mass is 32.1.